The standard InChI is InChI=1S/C28H40N4O4S/c1-28(2,3)29-27(34)31(17-16-30-13-7-8-14-30)19-26(33)32-15-11-25-21(12-18-37-25)22(32)20-36-24-10-6-5-9-23(24)35-4/h5-6,9-10,12,18,22H,7-8,11,13-17,19-20H2,1-4H3,(H,29,34)/t22-/m0/s1. The minimum atomic E-state index is -0.381. The molecule has 0 spiro atoms. The van der Waals surface area contributed by atoms with Gasteiger partial charge in [-0.05, 0) is 82.3 Å². The second-order valence-electron chi connectivity index (χ2n) is 10.8. The molecule has 1 saturated heterocycles. The minimum absolute atomic E-state index is 0.0420. The Bertz CT molecular complexity index is 1060. The van der Waals surface area contributed by atoms with E-state index in [0.717, 1.165) is 31.6 Å². The van der Waals surface area contributed by atoms with Crippen molar-refractivity contribution >= 4 is 23.3 Å². The molecule has 0 bridgehead atoms. The summed E-state index contributed by atoms with van der Waals surface area (Å²) in [6, 6.07) is 9.21. The third kappa shape index (κ3) is 7.17. The Morgan fingerprint density at radius 3 is 2.54 bits per heavy atom. The number of urea groups is 1. The molecule has 3 amide bonds. The molecule has 2 aliphatic heterocycles. The quantitative estimate of drug-likeness (QED) is 0.529. The number of benzene rings is 1. The van der Waals surface area contributed by atoms with Crippen molar-refractivity contribution in [1.29, 1.82) is 0 Å². The van der Waals surface area contributed by atoms with Crippen LogP contribution >= 0.6 is 11.3 Å². The van der Waals surface area contributed by atoms with Crippen LogP contribution in [-0.4, -0.2) is 85.2 Å². The molecule has 2 aromatic rings. The number of fused-ring (bicyclic) bond motifs is 1. The first kappa shape index (κ1) is 27.3. The van der Waals surface area contributed by atoms with Gasteiger partial charge in [0.25, 0.3) is 0 Å². The van der Waals surface area contributed by atoms with E-state index in [0.29, 0.717) is 31.2 Å². The maximum Gasteiger partial charge on any atom is 0.318 e. The van der Waals surface area contributed by atoms with Gasteiger partial charge in [0.2, 0.25) is 5.91 Å². The number of likely N-dealkylation sites (tertiary alicyclic amines) is 1. The molecule has 3 heterocycles. The van der Waals surface area contributed by atoms with Gasteiger partial charge < -0.3 is 29.5 Å². The summed E-state index contributed by atoms with van der Waals surface area (Å²) in [5.74, 6) is 1.25. The van der Waals surface area contributed by atoms with Gasteiger partial charge in [0.05, 0.1) is 13.2 Å². The van der Waals surface area contributed by atoms with E-state index in [1.54, 1.807) is 23.3 Å². The molecule has 0 unspecified atom stereocenters. The zero-order valence-corrected chi connectivity index (χ0v) is 23.3. The molecule has 1 aromatic heterocycles. The molecular formula is C28H40N4O4S. The van der Waals surface area contributed by atoms with Gasteiger partial charge in [-0.2, -0.15) is 0 Å². The fourth-order valence-electron chi connectivity index (χ4n) is 4.96. The molecule has 1 atom stereocenters. The zero-order valence-electron chi connectivity index (χ0n) is 22.5. The largest absolute Gasteiger partial charge is 0.493 e. The molecule has 1 aromatic carbocycles. The van der Waals surface area contributed by atoms with Gasteiger partial charge in [-0.25, -0.2) is 4.79 Å². The molecule has 8 nitrogen and oxygen atoms in total. The van der Waals surface area contributed by atoms with E-state index < -0.39 is 0 Å². The summed E-state index contributed by atoms with van der Waals surface area (Å²) in [6.45, 7) is 10.2. The van der Waals surface area contributed by atoms with Crippen LogP contribution in [0.2, 0.25) is 0 Å². The third-order valence-corrected chi connectivity index (χ3v) is 7.86. The highest BCUT2D eigenvalue weighted by atomic mass is 32.1. The van der Waals surface area contributed by atoms with Gasteiger partial charge in [0, 0.05) is 30.1 Å². The Kier molecular flexibility index (Phi) is 8.97. The van der Waals surface area contributed by atoms with Gasteiger partial charge in [-0.3, -0.25) is 4.79 Å². The lowest BCUT2D eigenvalue weighted by molar-refractivity contribution is -0.135. The van der Waals surface area contributed by atoms with Crippen LogP contribution in [0, 0.1) is 0 Å². The summed E-state index contributed by atoms with van der Waals surface area (Å²) in [5.41, 5.74) is 0.746. The zero-order chi connectivity index (χ0) is 26.4. The number of carbonyl (C=O) groups excluding carboxylic acids is 2. The first-order valence-electron chi connectivity index (χ1n) is 13.2. The average molecular weight is 529 g/mol. The monoisotopic (exact) mass is 528 g/mol. The number of methoxy groups -OCH3 is 1. The van der Waals surface area contributed by atoms with E-state index in [1.165, 1.54) is 17.7 Å². The van der Waals surface area contributed by atoms with E-state index in [-0.39, 0.29) is 30.1 Å². The first-order chi connectivity index (χ1) is 17.7. The van der Waals surface area contributed by atoms with Crippen LogP contribution in [0.5, 0.6) is 11.5 Å². The molecular weight excluding hydrogens is 488 g/mol. The fourth-order valence-corrected chi connectivity index (χ4v) is 5.88. The summed E-state index contributed by atoms with van der Waals surface area (Å²) >= 11 is 1.72. The first-order valence-corrected chi connectivity index (χ1v) is 14.0. The normalized spacial score (nSPS) is 17.8. The maximum absolute atomic E-state index is 13.8. The predicted molar refractivity (Wildman–Crippen MR) is 146 cm³/mol. The number of rotatable bonds is 9. The third-order valence-electron chi connectivity index (χ3n) is 6.86. The summed E-state index contributed by atoms with van der Waals surface area (Å²) in [7, 11) is 1.62. The Balaban J connectivity index is 1.49. The lowest BCUT2D eigenvalue weighted by Crippen LogP contribution is -2.54. The molecule has 0 aliphatic carbocycles. The number of para-hydroxylation sites is 2. The number of hydrogen-bond donors (Lipinski definition) is 1. The molecule has 0 radical (unpaired) electrons. The second-order valence-corrected chi connectivity index (χ2v) is 11.8. The highest BCUT2D eigenvalue weighted by Gasteiger charge is 2.34. The summed E-state index contributed by atoms with van der Waals surface area (Å²) in [4.78, 5) is 34.2. The van der Waals surface area contributed by atoms with Crippen molar-refractivity contribution in [2.45, 2.75) is 51.6 Å². The number of hydrogen-bond acceptors (Lipinski definition) is 6. The van der Waals surface area contributed by atoms with Crippen molar-refractivity contribution < 1.29 is 19.1 Å². The number of nitrogens with one attached hydrogen (secondary N) is 1. The van der Waals surface area contributed by atoms with Crippen molar-refractivity contribution in [3.63, 3.8) is 0 Å². The Labute approximate surface area is 224 Å². The number of nitrogens with zero attached hydrogens (tertiary/aromatic N) is 3. The van der Waals surface area contributed by atoms with E-state index >= 15 is 0 Å². The van der Waals surface area contributed by atoms with Crippen LogP contribution in [-0.2, 0) is 11.2 Å². The van der Waals surface area contributed by atoms with Gasteiger partial charge in [0.1, 0.15) is 13.2 Å². The minimum Gasteiger partial charge on any atom is -0.493 e. The number of thiophene rings is 1. The Hall–Kier alpha value is -2.78. The fraction of sp³-hybridized carbons (Fsp3) is 0.571. The van der Waals surface area contributed by atoms with Crippen molar-refractivity contribution in [2.75, 3.05) is 53.0 Å². The molecule has 1 fully saturated rings. The van der Waals surface area contributed by atoms with E-state index in [1.807, 2.05) is 49.9 Å². The number of carbonyl (C=O) groups is 2. The maximum atomic E-state index is 13.8. The molecule has 1 N–H and O–H groups in total. The summed E-state index contributed by atoms with van der Waals surface area (Å²) in [5, 5.41) is 5.12. The van der Waals surface area contributed by atoms with E-state index in [9.17, 15) is 9.59 Å². The van der Waals surface area contributed by atoms with Crippen LogP contribution in [0.4, 0.5) is 4.79 Å². The van der Waals surface area contributed by atoms with Crippen LogP contribution < -0.4 is 14.8 Å². The van der Waals surface area contributed by atoms with E-state index in [2.05, 4.69) is 21.7 Å². The molecule has 202 valence electrons. The van der Waals surface area contributed by atoms with Crippen LogP contribution in [0.15, 0.2) is 35.7 Å². The lowest BCUT2D eigenvalue weighted by Gasteiger charge is -2.37. The van der Waals surface area contributed by atoms with Gasteiger partial charge in [-0.1, -0.05) is 12.1 Å². The smallest absolute Gasteiger partial charge is 0.318 e. The molecule has 37 heavy (non-hydrogen) atoms. The Morgan fingerprint density at radius 2 is 1.84 bits per heavy atom. The lowest BCUT2D eigenvalue weighted by atomic mass is 10.0. The number of ether oxygens (including phenoxy) is 2. The molecule has 9 heteroatoms. The van der Waals surface area contributed by atoms with Crippen molar-refractivity contribution in [2.24, 2.45) is 0 Å². The summed E-state index contributed by atoms with van der Waals surface area (Å²) in [6.07, 6.45) is 3.20. The van der Waals surface area contributed by atoms with Crippen LogP contribution in [0.1, 0.15) is 50.1 Å². The Morgan fingerprint density at radius 1 is 1.11 bits per heavy atom. The molecule has 2 aliphatic rings. The predicted octanol–water partition coefficient (Wildman–Crippen LogP) is 4.17. The summed E-state index contributed by atoms with van der Waals surface area (Å²) < 4.78 is 11.6. The van der Waals surface area contributed by atoms with E-state index in [4.69, 9.17) is 9.47 Å². The molecule has 4 rings (SSSR count). The topological polar surface area (TPSA) is 74.4 Å². The van der Waals surface area contributed by atoms with Gasteiger partial charge in [-0.15, -0.1) is 11.3 Å². The van der Waals surface area contributed by atoms with Crippen LogP contribution in [0.25, 0.3) is 0 Å². The van der Waals surface area contributed by atoms with Gasteiger partial charge >= 0.3 is 6.03 Å². The highest BCUT2D eigenvalue weighted by Crippen LogP contribution is 2.35. The highest BCUT2D eigenvalue weighted by molar-refractivity contribution is 7.10. The van der Waals surface area contributed by atoms with Crippen molar-refractivity contribution in [3.8, 4) is 11.5 Å². The SMILES string of the molecule is COc1ccccc1OC[C@H]1c2ccsc2CCN1C(=O)CN(CCN1CCCC1)C(=O)NC(C)(C)C. The van der Waals surface area contributed by atoms with Crippen molar-refractivity contribution in [1.82, 2.24) is 20.0 Å². The van der Waals surface area contributed by atoms with Crippen LogP contribution in [0.3, 0.4) is 0 Å². The average Bonchev–Trinajstić information content (AvgIpc) is 3.56. The van der Waals surface area contributed by atoms with Crippen molar-refractivity contribution in [3.05, 3.63) is 46.2 Å². The number of amides is 3. The molecule has 0 saturated carbocycles. The van der Waals surface area contributed by atoms with Gasteiger partial charge in [0.15, 0.2) is 11.5 Å². The second kappa shape index (κ2) is 12.2.